The van der Waals surface area contributed by atoms with Crippen LogP contribution in [0.2, 0.25) is 0 Å². The third-order valence-corrected chi connectivity index (χ3v) is 3.45. The Morgan fingerprint density at radius 1 is 1.32 bits per heavy atom. The van der Waals surface area contributed by atoms with Crippen LogP contribution in [0.4, 0.5) is 5.69 Å². The second-order valence-electron chi connectivity index (χ2n) is 4.77. The van der Waals surface area contributed by atoms with E-state index in [4.69, 9.17) is 4.74 Å². The summed E-state index contributed by atoms with van der Waals surface area (Å²) in [7, 11) is 1.72. The second kappa shape index (κ2) is 8.12. The maximum Gasteiger partial charge on any atom is 0.0931 e. The van der Waals surface area contributed by atoms with Gasteiger partial charge >= 0.3 is 0 Å². The number of aliphatic hydroxyl groups is 1. The van der Waals surface area contributed by atoms with Gasteiger partial charge in [-0.1, -0.05) is 13.8 Å². The molecule has 0 aromatic carbocycles. The van der Waals surface area contributed by atoms with Gasteiger partial charge in [-0.15, -0.1) is 0 Å². The van der Waals surface area contributed by atoms with Crippen molar-refractivity contribution in [3.8, 4) is 0 Å². The highest BCUT2D eigenvalue weighted by Gasteiger charge is 2.16. The fraction of sp³-hybridized carbons (Fsp3) is 0.667. The molecule has 4 nitrogen and oxygen atoms in total. The molecule has 1 rings (SSSR count). The largest absolute Gasteiger partial charge is 0.387 e. The fourth-order valence-corrected chi connectivity index (χ4v) is 2.26. The van der Waals surface area contributed by atoms with Crippen molar-refractivity contribution < 1.29 is 9.84 Å². The standard InChI is InChI=1S/C15H26N2O2/c1-5-13(6-2)17(9-10-19-4)14-7-8-15(12(3)18)16-11-14/h7-8,11-13,18H,5-6,9-10H2,1-4H3/t12-/m1/s1. The van der Waals surface area contributed by atoms with Gasteiger partial charge in [0.05, 0.1) is 30.3 Å². The van der Waals surface area contributed by atoms with Crippen LogP contribution in [0.5, 0.6) is 0 Å². The van der Waals surface area contributed by atoms with Gasteiger partial charge in [-0.2, -0.15) is 0 Å². The lowest BCUT2D eigenvalue weighted by atomic mass is 10.1. The predicted octanol–water partition coefficient (Wildman–Crippen LogP) is 2.78. The monoisotopic (exact) mass is 266 g/mol. The first-order chi connectivity index (χ1) is 9.13. The van der Waals surface area contributed by atoms with Gasteiger partial charge in [-0.3, -0.25) is 4.98 Å². The SMILES string of the molecule is CCC(CC)N(CCOC)c1ccc([C@@H](C)O)nc1. The molecule has 0 aliphatic heterocycles. The Bertz CT molecular complexity index is 348. The summed E-state index contributed by atoms with van der Waals surface area (Å²) < 4.78 is 5.19. The third-order valence-electron chi connectivity index (χ3n) is 3.45. The topological polar surface area (TPSA) is 45.6 Å². The number of aromatic nitrogens is 1. The number of anilines is 1. The minimum atomic E-state index is -0.519. The van der Waals surface area contributed by atoms with Crippen molar-refractivity contribution in [2.45, 2.75) is 45.8 Å². The van der Waals surface area contributed by atoms with Crippen molar-refractivity contribution >= 4 is 5.69 Å². The van der Waals surface area contributed by atoms with Gasteiger partial charge in [-0.05, 0) is 31.9 Å². The van der Waals surface area contributed by atoms with E-state index in [0.29, 0.717) is 18.3 Å². The maximum atomic E-state index is 9.50. The number of hydrogen-bond acceptors (Lipinski definition) is 4. The molecule has 0 aliphatic rings. The van der Waals surface area contributed by atoms with Gasteiger partial charge in [-0.25, -0.2) is 0 Å². The van der Waals surface area contributed by atoms with E-state index in [1.165, 1.54) is 0 Å². The minimum absolute atomic E-state index is 0.495. The lowest BCUT2D eigenvalue weighted by Crippen LogP contribution is -2.37. The van der Waals surface area contributed by atoms with Crippen molar-refractivity contribution in [3.63, 3.8) is 0 Å². The van der Waals surface area contributed by atoms with E-state index < -0.39 is 6.10 Å². The molecule has 108 valence electrons. The zero-order chi connectivity index (χ0) is 14.3. The van der Waals surface area contributed by atoms with Crippen LogP contribution >= 0.6 is 0 Å². The smallest absolute Gasteiger partial charge is 0.0931 e. The molecule has 0 radical (unpaired) electrons. The Labute approximate surface area is 116 Å². The summed E-state index contributed by atoms with van der Waals surface area (Å²) in [5, 5.41) is 9.50. The van der Waals surface area contributed by atoms with Gasteiger partial charge < -0.3 is 14.7 Å². The zero-order valence-corrected chi connectivity index (χ0v) is 12.5. The van der Waals surface area contributed by atoms with Crippen molar-refractivity contribution in [1.29, 1.82) is 0 Å². The van der Waals surface area contributed by atoms with Crippen LogP contribution in [-0.2, 0) is 4.74 Å². The van der Waals surface area contributed by atoms with Crippen LogP contribution < -0.4 is 4.90 Å². The summed E-state index contributed by atoms with van der Waals surface area (Å²) in [5.41, 5.74) is 1.80. The summed E-state index contributed by atoms with van der Waals surface area (Å²) in [6.45, 7) is 7.69. The Kier molecular flexibility index (Phi) is 6.81. The quantitative estimate of drug-likeness (QED) is 0.786. The number of nitrogens with zero attached hydrogens (tertiary/aromatic N) is 2. The number of hydrogen-bond donors (Lipinski definition) is 1. The van der Waals surface area contributed by atoms with Crippen molar-refractivity contribution in [3.05, 3.63) is 24.0 Å². The Morgan fingerprint density at radius 3 is 2.42 bits per heavy atom. The summed E-state index contributed by atoms with van der Waals surface area (Å²) in [6, 6.07) is 4.42. The Hall–Kier alpha value is -1.13. The van der Waals surface area contributed by atoms with Gasteiger partial charge in [0.1, 0.15) is 0 Å². The van der Waals surface area contributed by atoms with E-state index in [-0.39, 0.29) is 0 Å². The van der Waals surface area contributed by atoms with E-state index in [1.54, 1.807) is 14.0 Å². The molecule has 0 saturated carbocycles. The molecule has 0 spiro atoms. The summed E-state index contributed by atoms with van der Waals surface area (Å²) >= 11 is 0. The van der Waals surface area contributed by atoms with Gasteiger partial charge in [0.25, 0.3) is 0 Å². The lowest BCUT2D eigenvalue weighted by Gasteiger charge is -2.32. The zero-order valence-electron chi connectivity index (χ0n) is 12.5. The van der Waals surface area contributed by atoms with Crippen LogP contribution in [0, 0.1) is 0 Å². The van der Waals surface area contributed by atoms with Gasteiger partial charge in [0.15, 0.2) is 0 Å². The molecule has 19 heavy (non-hydrogen) atoms. The molecule has 1 aromatic heterocycles. The molecule has 0 saturated heterocycles. The minimum Gasteiger partial charge on any atom is -0.387 e. The summed E-state index contributed by atoms with van der Waals surface area (Å²) in [5.74, 6) is 0. The van der Waals surface area contributed by atoms with Crippen molar-refractivity contribution in [1.82, 2.24) is 4.98 Å². The van der Waals surface area contributed by atoms with Gasteiger partial charge in [0, 0.05) is 19.7 Å². The van der Waals surface area contributed by atoms with Crippen LogP contribution in [0.15, 0.2) is 18.3 Å². The predicted molar refractivity (Wildman–Crippen MR) is 78.5 cm³/mol. The first-order valence-electron chi connectivity index (χ1n) is 7.03. The van der Waals surface area contributed by atoms with Crippen LogP contribution in [-0.4, -0.2) is 36.4 Å². The Morgan fingerprint density at radius 2 is 2.00 bits per heavy atom. The average Bonchev–Trinajstić information content (AvgIpc) is 2.43. The molecule has 0 amide bonds. The van der Waals surface area contributed by atoms with E-state index in [0.717, 1.165) is 25.1 Å². The van der Waals surface area contributed by atoms with Crippen LogP contribution in [0.25, 0.3) is 0 Å². The number of pyridine rings is 1. The van der Waals surface area contributed by atoms with Crippen molar-refractivity contribution in [2.75, 3.05) is 25.2 Å². The summed E-state index contributed by atoms with van der Waals surface area (Å²) in [6.07, 6.45) is 3.52. The van der Waals surface area contributed by atoms with E-state index in [9.17, 15) is 5.11 Å². The third kappa shape index (κ3) is 4.48. The Balaban J connectivity index is 2.89. The molecule has 0 bridgehead atoms. The molecule has 1 heterocycles. The molecular formula is C15H26N2O2. The van der Waals surface area contributed by atoms with Crippen molar-refractivity contribution in [2.24, 2.45) is 0 Å². The molecule has 0 fully saturated rings. The number of aliphatic hydroxyl groups excluding tert-OH is 1. The first kappa shape index (κ1) is 15.9. The molecule has 4 heteroatoms. The first-order valence-corrected chi connectivity index (χ1v) is 7.03. The van der Waals surface area contributed by atoms with E-state index in [1.807, 2.05) is 18.3 Å². The normalized spacial score (nSPS) is 12.7. The molecular weight excluding hydrogens is 240 g/mol. The van der Waals surface area contributed by atoms with E-state index in [2.05, 4.69) is 23.7 Å². The number of methoxy groups -OCH3 is 1. The maximum absolute atomic E-state index is 9.50. The lowest BCUT2D eigenvalue weighted by molar-refractivity contribution is 0.194. The molecule has 0 unspecified atom stereocenters. The number of rotatable bonds is 8. The summed E-state index contributed by atoms with van der Waals surface area (Å²) in [4.78, 5) is 6.66. The molecule has 1 atom stereocenters. The van der Waals surface area contributed by atoms with Crippen LogP contribution in [0.1, 0.15) is 45.4 Å². The second-order valence-corrected chi connectivity index (χ2v) is 4.77. The molecule has 1 aromatic rings. The number of ether oxygens (including phenoxy) is 1. The molecule has 0 aliphatic carbocycles. The van der Waals surface area contributed by atoms with Crippen LogP contribution in [0.3, 0.4) is 0 Å². The highest BCUT2D eigenvalue weighted by Crippen LogP contribution is 2.21. The highest BCUT2D eigenvalue weighted by molar-refractivity contribution is 5.45. The van der Waals surface area contributed by atoms with E-state index >= 15 is 0 Å². The fourth-order valence-electron chi connectivity index (χ4n) is 2.26. The van der Waals surface area contributed by atoms with Gasteiger partial charge in [0.2, 0.25) is 0 Å². The average molecular weight is 266 g/mol. The highest BCUT2D eigenvalue weighted by atomic mass is 16.5. The molecule has 1 N–H and O–H groups in total.